The number of hydrogen-bond acceptors (Lipinski definition) is 5. The van der Waals surface area contributed by atoms with Crippen LogP contribution in [0.15, 0.2) is 0 Å². The van der Waals surface area contributed by atoms with Crippen LogP contribution in [-0.2, 0) is 13.3 Å². The Labute approximate surface area is 329 Å². The van der Waals surface area contributed by atoms with E-state index in [1.165, 1.54) is 206 Å². The first kappa shape index (κ1) is 51.4. The molecule has 0 rings (SSSR count). The van der Waals surface area contributed by atoms with Crippen molar-refractivity contribution in [1.29, 1.82) is 0 Å². The molecule has 0 spiro atoms. The summed E-state index contributed by atoms with van der Waals surface area (Å²) in [5, 5.41) is 0. The Balaban J connectivity index is 5.05. The van der Waals surface area contributed by atoms with Crippen molar-refractivity contribution < 1.29 is 13.3 Å². The molecule has 0 aliphatic heterocycles. The van der Waals surface area contributed by atoms with E-state index in [0.717, 1.165) is 57.4 Å². The summed E-state index contributed by atoms with van der Waals surface area (Å²) < 4.78 is 20.4. The van der Waals surface area contributed by atoms with Gasteiger partial charge in [0, 0.05) is 25.8 Å². The Hall–Kier alpha value is 0.407. The van der Waals surface area contributed by atoms with E-state index in [2.05, 4.69) is 45.2 Å². The Bertz CT molecular complexity index is 601. The van der Waals surface area contributed by atoms with Gasteiger partial charge in [0.25, 0.3) is 0 Å². The van der Waals surface area contributed by atoms with Crippen LogP contribution in [0.3, 0.4) is 0 Å². The molecular weight excluding hydrogens is 663 g/mol. The van der Waals surface area contributed by atoms with Gasteiger partial charge in [0.05, 0.1) is 6.61 Å². The normalized spacial score (nSPS) is 12.1. The first-order chi connectivity index (χ1) is 25.2. The number of rotatable bonds is 45. The molecule has 0 saturated heterocycles. The van der Waals surface area contributed by atoms with E-state index < -0.39 is 8.80 Å². The fraction of sp³-hybridized carbons (Fsp3) is 1.00. The minimum Gasteiger partial charge on any atom is -0.373 e. The molecule has 0 atom stereocenters. The summed E-state index contributed by atoms with van der Waals surface area (Å²) in [5.41, 5.74) is 0. The molecular formula is C45H95NO3SSi. The van der Waals surface area contributed by atoms with Crippen molar-refractivity contribution in [3.05, 3.63) is 0 Å². The van der Waals surface area contributed by atoms with Gasteiger partial charge in [0.1, 0.15) is 0 Å². The van der Waals surface area contributed by atoms with Gasteiger partial charge in [-0.1, -0.05) is 207 Å². The molecule has 6 heteroatoms. The van der Waals surface area contributed by atoms with E-state index >= 15 is 0 Å². The molecule has 0 amide bonds. The van der Waals surface area contributed by atoms with Crippen molar-refractivity contribution in [1.82, 2.24) is 4.90 Å². The molecule has 308 valence electrons. The molecule has 0 aromatic rings. The quantitative estimate of drug-likeness (QED) is 0.0381. The van der Waals surface area contributed by atoms with Gasteiger partial charge in [-0.3, -0.25) is 0 Å². The predicted molar refractivity (Wildman–Crippen MR) is 234 cm³/mol. The van der Waals surface area contributed by atoms with Crippen LogP contribution in [0.5, 0.6) is 0 Å². The molecule has 0 aliphatic rings. The maximum absolute atomic E-state index is 6.87. The third-order valence-electron chi connectivity index (χ3n) is 10.7. The molecule has 0 bridgehead atoms. The number of thiol groups is 1. The second kappa shape index (κ2) is 43.1. The number of hydrogen-bond donors (Lipinski definition) is 1. The van der Waals surface area contributed by atoms with Crippen LogP contribution in [0.25, 0.3) is 0 Å². The lowest BCUT2D eigenvalue weighted by molar-refractivity contribution is 0.0486. The average Bonchev–Trinajstić information content (AvgIpc) is 3.14. The zero-order chi connectivity index (χ0) is 37.2. The van der Waals surface area contributed by atoms with Gasteiger partial charge in [-0.05, 0) is 50.9 Å². The van der Waals surface area contributed by atoms with Crippen LogP contribution in [0, 0.1) is 0 Å². The zero-order valence-corrected chi connectivity index (χ0v) is 37.5. The molecule has 0 heterocycles. The third kappa shape index (κ3) is 37.1. The van der Waals surface area contributed by atoms with Gasteiger partial charge in [0.2, 0.25) is 0 Å². The van der Waals surface area contributed by atoms with E-state index in [1.807, 2.05) is 0 Å². The second-order valence-electron chi connectivity index (χ2n) is 15.8. The fourth-order valence-corrected chi connectivity index (χ4v) is 10.2. The highest BCUT2D eigenvalue weighted by Gasteiger charge is 2.40. The summed E-state index contributed by atoms with van der Waals surface area (Å²) in [4.78, 5) is 2.72. The van der Waals surface area contributed by atoms with Crippen molar-refractivity contribution in [2.75, 3.05) is 45.2 Å². The summed E-state index contributed by atoms with van der Waals surface area (Å²) in [6, 6.07) is 0.902. The van der Waals surface area contributed by atoms with E-state index in [1.54, 1.807) is 0 Å². The van der Waals surface area contributed by atoms with E-state index in [-0.39, 0.29) is 0 Å². The van der Waals surface area contributed by atoms with Gasteiger partial charge in [-0.25, -0.2) is 0 Å². The lowest BCUT2D eigenvalue weighted by atomic mass is 10.1. The highest BCUT2D eigenvalue weighted by Crippen LogP contribution is 2.22. The molecule has 4 nitrogen and oxygen atoms in total. The predicted octanol–water partition coefficient (Wildman–Crippen LogP) is 15.2. The topological polar surface area (TPSA) is 30.9 Å². The van der Waals surface area contributed by atoms with Crippen LogP contribution < -0.4 is 0 Å². The van der Waals surface area contributed by atoms with Crippen molar-refractivity contribution in [2.24, 2.45) is 0 Å². The molecule has 51 heavy (non-hydrogen) atoms. The Kier molecular flexibility index (Phi) is 43.5. The lowest BCUT2D eigenvalue weighted by Gasteiger charge is -2.31. The maximum Gasteiger partial charge on any atom is 0.501 e. The lowest BCUT2D eigenvalue weighted by Crippen LogP contribution is -2.48. The summed E-state index contributed by atoms with van der Waals surface area (Å²) in [7, 11) is -2.74. The molecule has 0 aromatic carbocycles. The van der Waals surface area contributed by atoms with Crippen LogP contribution in [0.1, 0.15) is 240 Å². The number of unbranched alkanes of at least 4 members (excludes halogenated alkanes) is 28. The van der Waals surface area contributed by atoms with Gasteiger partial charge >= 0.3 is 8.80 Å². The molecule has 0 unspecified atom stereocenters. The largest absolute Gasteiger partial charge is 0.501 e. The number of nitrogens with zero attached hydrogens (tertiary/aromatic N) is 1. The van der Waals surface area contributed by atoms with Crippen molar-refractivity contribution in [3.63, 3.8) is 0 Å². The van der Waals surface area contributed by atoms with Gasteiger partial charge in [-0.15, -0.1) is 0 Å². The van der Waals surface area contributed by atoms with Gasteiger partial charge < -0.3 is 18.2 Å². The average molecular weight is 758 g/mol. The zero-order valence-electron chi connectivity index (χ0n) is 35.6. The molecule has 0 aromatic heterocycles. The van der Waals surface area contributed by atoms with Gasteiger partial charge in [-0.2, -0.15) is 12.6 Å². The molecule has 0 fully saturated rings. The smallest absolute Gasteiger partial charge is 0.373 e. The Morgan fingerprint density at radius 3 is 0.961 bits per heavy atom. The standard InChI is InChI=1S/C45H95NO3SSi/c1-5-9-13-17-21-23-25-27-29-33-38-46(39-34-30-28-26-24-22-18-14-10-6-2)40-43-49-51(45-37-44-50,47-41-35-31-19-15-11-7-3)48-42-36-32-20-16-12-8-4/h50H,5-45H2,1-4H3. The minimum atomic E-state index is -2.74. The molecule has 0 N–H and O–H groups in total. The summed E-state index contributed by atoms with van der Waals surface area (Å²) in [6.45, 7) is 14.9. The second-order valence-corrected chi connectivity index (χ2v) is 19.0. The Morgan fingerprint density at radius 1 is 0.333 bits per heavy atom. The highest BCUT2D eigenvalue weighted by atomic mass is 32.1. The first-order valence-electron chi connectivity index (χ1n) is 23.4. The van der Waals surface area contributed by atoms with E-state index in [0.29, 0.717) is 0 Å². The van der Waals surface area contributed by atoms with E-state index in [9.17, 15) is 0 Å². The van der Waals surface area contributed by atoms with Crippen LogP contribution >= 0.6 is 12.6 Å². The molecule has 0 aliphatic carbocycles. The monoisotopic (exact) mass is 758 g/mol. The van der Waals surface area contributed by atoms with Crippen LogP contribution in [0.4, 0.5) is 0 Å². The highest BCUT2D eigenvalue weighted by molar-refractivity contribution is 7.80. The SMILES string of the molecule is CCCCCCCCCCCCN(CCCCCCCCCCCC)CCO[Si](CCCS)(OCCCCCCCC)OCCCCCCCC. The minimum absolute atomic E-state index is 0.737. The summed E-state index contributed by atoms with van der Waals surface area (Å²) >= 11 is 4.59. The fourth-order valence-electron chi connectivity index (χ4n) is 7.17. The maximum atomic E-state index is 6.87. The van der Waals surface area contributed by atoms with Crippen molar-refractivity contribution in [3.8, 4) is 0 Å². The van der Waals surface area contributed by atoms with E-state index in [4.69, 9.17) is 13.3 Å². The van der Waals surface area contributed by atoms with Gasteiger partial charge in [0.15, 0.2) is 0 Å². The molecule has 0 radical (unpaired) electrons. The van der Waals surface area contributed by atoms with Crippen molar-refractivity contribution in [2.45, 2.75) is 246 Å². The van der Waals surface area contributed by atoms with Crippen molar-refractivity contribution >= 4 is 21.4 Å². The first-order valence-corrected chi connectivity index (χ1v) is 26.0. The molecule has 0 saturated carbocycles. The van der Waals surface area contributed by atoms with Crippen LogP contribution in [0.2, 0.25) is 6.04 Å². The van der Waals surface area contributed by atoms with Crippen LogP contribution in [-0.4, -0.2) is 58.9 Å². The Morgan fingerprint density at radius 2 is 0.627 bits per heavy atom. The summed E-state index contributed by atoms with van der Waals surface area (Å²) in [5.74, 6) is 0.864. The summed E-state index contributed by atoms with van der Waals surface area (Å²) in [6.07, 6.45) is 44.3. The third-order valence-corrected chi connectivity index (χ3v) is 13.9.